The van der Waals surface area contributed by atoms with E-state index < -0.39 is 0 Å². The average molecular weight is 381 g/mol. The zero-order valence-corrected chi connectivity index (χ0v) is 16.5. The Morgan fingerprint density at radius 2 is 1.96 bits per heavy atom. The maximum Gasteiger partial charge on any atom is 0.233 e. The Balaban J connectivity index is 1.41. The van der Waals surface area contributed by atoms with Gasteiger partial charge in [-0.1, -0.05) is 23.9 Å². The summed E-state index contributed by atoms with van der Waals surface area (Å²) in [6.07, 6.45) is 5.23. The van der Waals surface area contributed by atoms with Gasteiger partial charge >= 0.3 is 0 Å². The van der Waals surface area contributed by atoms with Gasteiger partial charge in [-0.05, 0) is 57.4 Å². The number of fused-ring (bicyclic) bond motifs is 1. The van der Waals surface area contributed by atoms with Gasteiger partial charge in [-0.2, -0.15) is 0 Å². The summed E-state index contributed by atoms with van der Waals surface area (Å²) in [4.78, 5) is 27.1. The van der Waals surface area contributed by atoms with Crippen LogP contribution in [0.15, 0.2) is 47.6 Å². The summed E-state index contributed by atoms with van der Waals surface area (Å²) in [5.74, 6) is 1.46. The monoisotopic (exact) mass is 380 g/mol. The van der Waals surface area contributed by atoms with E-state index >= 15 is 0 Å². The fourth-order valence-corrected chi connectivity index (χ4v) is 4.53. The van der Waals surface area contributed by atoms with Crippen LogP contribution in [0.5, 0.6) is 0 Å². The summed E-state index contributed by atoms with van der Waals surface area (Å²) in [5.41, 5.74) is 2.91. The first-order chi connectivity index (χ1) is 13.1. The quantitative estimate of drug-likeness (QED) is 0.677. The summed E-state index contributed by atoms with van der Waals surface area (Å²) < 4.78 is 0. The molecule has 3 heterocycles. The van der Waals surface area contributed by atoms with E-state index in [1.165, 1.54) is 18.2 Å². The zero-order valence-electron chi connectivity index (χ0n) is 15.7. The predicted octanol–water partition coefficient (Wildman–Crippen LogP) is 4.51. The van der Waals surface area contributed by atoms with E-state index in [0.29, 0.717) is 17.8 Å². The van der Waals surface area contributed by atoms with Gasteiger partial charge < -0.3 is 9.88 Å². The van der Waals surface area contributed by atoms with Crippen LogP contribution in [0, 0.1) is 0 Å². The van der Waals surface area contributed by atoms with Gasteiger partial charge in [0.05, 0.1) is 21.8 Å². The number of aromatic nitrogens is 3. The number of pyridine rings is 1. The summed E-state index contributed by atoms with van der Waals surface area (Å²) in [5, 5.41) is 0.862. The van der Waals surface area contributed by atoms with Gasteiger partial charge in [0.25, 0.3) is 0 Å². The second kappa shape index (κ2) is 7.72. The molecule has 2 atom stereocenters. The number of hydrogen-bond acceptors (Lipinski definition) is 4. The van der Waals surface area contributed by atoms with Crippen LogP contribution in [0.3, 0.4) is 0 Å². The number of carbonyl (C=O) groups is 1. The first kappa shape index (κ1) is 18.0. The lowest BCUT2D eigenvalue weighted by molar-refractivity contribution is -0.134. The molecule has 4 rings (SSSR count). The van der Waals surface area contributed by atoms with Gasteiger partial charge in [0.1, 0.15) is 5.82 Å². The number of carbonyl (C=O) groups excluding carboxylic acids is 1. The number of benzene rings is 1. The number of hydrogen-bond donors (Lipinski definition) is 1. The Bertz CT molecular complexity index is 894. The minimum atomic E-state index is 0.211. The lowest BCUT2D eigenvalue weighted by Crippen LogP contribution is -2.48. The molecule has 0 bridgehead atoms. The third-order valence-corrected chi connectivity index (χ3v) is 6.15. The summed E-state index contributed by atoms with van der Waals surface area (Å²) >= 11 is 1.50. The van der Waals surface area contributed by atoms with Crippen LogP contribution in [0.25, 0.3) is 22.4 Å². The second-order valence-corrected chi connectivity index (χ2v) is 8.20. The van der Waals surface area contributed by atoms with Crippen LogP contribution in [-0.2, 0) is 4.79 Å². The summed E-state index contributed by atoms with van der Waals surface area (Å²) in [6, 6.07) is 12.6. The van der Waals surface area contributed by atoms with Crippen molar-refractivity contribution in [1.29, 1.82) is 0 Å². The molecule has 1 aromatic carbocycles. The number of rotatable bonds is 4. The number of piperidine rings is 1. The second-order valence-electron chi connectivity index (χ2n) is 7.21. The molecule has 1 fully saturated rings. The SMILES string of the molecule is C[C@@H]1CCC[C@@H](C)N1C(=O)CSc1ccc(-c2nc3ccccc3[nH]2)cn1. The highest BCUT2D eigenvalue weighted by Gasteiger charge is 2.28. The van der Waals surface area contributed by atoms with Gasteiger partial charge in [0.15, 0.2) is 0 Å². The standard InChI is InChI=1S/C21H24N4OS/c1-14-6-5-7-15(2)25(14)20(26)13-27-19-11-10-16(12-22-19)21-23-17-8-3-4-9-18(17)24-21/h3-4,8-12,14-15H,5-7,13H2,1-2H3,(H,23,24)/t14-,15-/m1/s1. The fourth-order valence-electron chi connectivity index (χ4n) is 3.82. The molecule has 0 saturated carbocycles. The maximum atomic E-state index is 12.6. The van der Waals surface area contributed by atoms with E-state index in [-0.39, 0.29) is 5.91 Å². The van der Waals surface area contributed by atoms with E-state index in [9.17, 15) is 4.79 Å². The largest absolute Gasteiger partial charge is 0.338 e. The number of thioether (sulfide) groups is 1. The molecule has 0 spiro atoms. The van der Waals surface area contributed by atoms with Gasteiger partial charge in [-0.25, -0.2) is 9.97 Å². The lowest BCUT2D eigenvalue weighted by atomic mass is 9.98. The molecule has 0 radical (unpaired) electrons. The number of amides is 1. The highest BCUT2D eigenvalue weighted by molar-refractivity contribution is 7.99. The highest BCUT2D eigenvalue weighted by atomic mass is 32.2. The number of aromatic amines is 1. The number of para-hydroxylation sites is 2. The number of H-pyrrole nitrogens is 1. The Labute approximate surface area is 163 Å². The molecule has 1 amide bonds. The molecule has 1 saturated heterocycles. The van der Waals surface area contributed by atoms with Crippen LogP contribution in [0.4, 0.5) is 0 Å². The normalized spacial score (nSPS) is 20.1. The Morgan fingerprint density at radius 3 is 2.67 bits per heavy atom. The van der Waals surface area contributed by atoms with Crippen molar-refractivity contribution in [3.8, 4) is 11.4 Å². The smallest absolute Gasteiger partial charge is 0.233 e. The van der Waals surface area contributed by atoms with Crippen molar-refractivity contribution < 1.29 is 4.79 Å². The predicted molar refractivity (Wildman–Crippen MR) is 110 cm³/mol. The topological polar surface area (TPSA) is 61.9 Å². The first-order valence-corrected chi connectivity index (χ1v) is 10.5. The fraction of sp³-hybridized carbons (Fsp3) is 0.381. The molecule has 1 N–H and O–H groups in total. The van der Waals surface area contributed by atoms with Gasteiger partial charge in [-0.15, -0.1) is 0 Å². The van der Waals surface area contributed by atoms with Crippen LogP contribution in [-0.4, -0.2) is 43.6 Å². The van der Waals surface area contributed by atoms with E-state index in [2.05, 4.69) is 33.7 Å². The van der Waals surface area contributed by atoms with Gasteiger partial charge in [-0.3, -0.25) is 4.79 Å². The molecule has 27 heavy (non-hydrogen) atoms. The van der Waals surface area contributed by atoms with Crippen molar-refractivity contribution in [2.45, 2.75) is 50.2 Å². The number of nitrogens with one attached hydrogen (secondary N) is 1. The molecule has 0 unspecified atom stereocenters. The molecule has 1 aliphatic heterocycles. The van der Waals surface area contributed by atoms with E-state index in [4.69, 9.17) is 0 Å². The van der Waals surface area contributed by atoms with Crippen molar-refractivity contribution in [2.75, 3.05) is 5.75 Å². The molecular formula is C21H24N4OS. The average Bonchev–Trinajstić information content (AvgIpc) is 3.11. The minimum absolute atomic E-state index is 0.211. The van der Waals surface area contributed by atoms with Crippen molar-refractivity contribution in [2.24, 2.45) is 0 Å². The van der Waals surface area contributed by atoms with Crippen LogP contribution >= 0.6 is 11.8 Å². The zero-order chi connectivity index (χ0) is 18.8. The Kier molecular flexibility index (Phi) is 5.16. The molecule has 0 aliphatic carbocycles. The Hall–Kier alpha value is -2.34. The summed E-state index contributed by atoms with van der Waals surface area (Å²) in [7, 11) is 0. The third kappa shape index (κ3) is 3.86. The van der Waals surface area contributed by atoms with Crippen molar-refractivity contribution in [1.82, 2.24) is 19.9 Å². The van der Waals surface area contributed by atoms with Gasteiger partial charge in [0.2, 0.25) is 5.91 Å². The van der Waals surface area contributed by atoms with Gasteiger partial charge in [0, 0.05) is 23.8 Å². The van der Waals surface area contributed by atoms with Crippen molar-refractivity contribution in [3.63, 3.8) is 0 Å². The van der Waals surface area contributed by atoms with E-state index in [1.807, 2.05) is 42.6 Å². The van der Waals surface area contributed by atoms with Crippen LogP contribution in [0.1, 0.15) is 33.1 Å². The molecule has 6 heteroatoms. The third-order valence-electron chi connectivity index (χ3n) is 5.22. The lowest BCUT2D eigenvalue weighted by Gasteiger charge is -2.39. The number of nitrogens with zero attached hydrogens (tertiary/aromatic N) is 3. The molecule has 2 aromatic heterocycles. The molecular weight excluding hydrogens is 356 g/mol. The number of likely N-dealkylation sites (tertiary alicyclic amines) is 1. The molecule has 5 nitrogen and oxygen atoms in total. The Morgan fingerprint density at radius 1 is 1.19 bits per heavy atom. The maximum absolute atomic E-state index is 12.6. The van der Waals surface area contributed by atoms with E-state index in [1.54, 1.807) is 0 Å². The first-order valence-electron chi connectivity index (χ1n) is 9.47. The molecule has 140 valence electrons. The van der Waals surface area contributed by atoms with Crippen molar-refractivity contribution in [3.05, 3.63) is 42.6 Å². The van der Waals surface area contributed by atoms with Crippen LogP contribution in [0.2, 0.25) is 0 Å². The van der Waals surface area contributed by atoms with Crippen molar-refractivity contribution >= 4 is 28.7 Å². The number of imidazole rings is 1. The molecule has 1 aliphatic rings. The highest BCUT2D eigenvalue weighted by Crippen LogP contribution is 2.26. The van der Waals surface area contributed by atoms with E-state index in [0.717, 1.165) is 40.3 Å². The molecule has 3 aromatic rings. The van der Waals surface area contributed by atoms with Crippen LogP contribution < -0.4 is 0 Å². The minimum Gasteiger partial charge on any atom is -0.338 e. The summed E-state index contributed by atoms with van der Waals surface area (Å²) in [6.45, 7) is 4.30.